The summed E-state index contributed by atoms with van der Waals surface area (Å²) in [6.07, 6.45) is 0.768. The highest BCUT2D eigenvalue weighted by Gasteiger charge is 2.33. The zero-order valence-corrected chi connectivity index (χ0v) is 20.4. The predicted molar refractivity (Wildman–Crippen MR) is 133 cm³/mol. The Labute approximate surface area is 206 Å². The third-order valence-corrected chi connectivity index (χ3v) is 6.92. The van der Waals surface area contributed by atoms with E-state index in [2.05, 4.69) is 43.4 Å². The molecule has 1 heterocycles. The van der Waals surface area contributed by atoms with E-state index in [4.69, 9.17) is 9.84 Å². The van der Waals surface area contributed by atoms with E-state index in [1.54, 1.807) is 4.90 Å². The summed E-state index contributed by atoms with van der Waals surface area (Å²) < 4.78 is 5.63. The number of carbonyl (C=O) groups excluding carboxylic acids is 2. The first kappa shape index (κ1) is 24.8. The number of rotatable bonds is 10. The van der Waals surface area contributed by atoms with Crippen LogP contribution in [0.4, 0.5) is 4.79 Å². The Kier molecular flexibility index (Phi) is 7.73. The van der Waals surface area contributed by atoms with Gasteiger partial charge in [-0.2, -0.15) is 0 Å². The molecule has 1 aliphatic carbocycles. The van der Waals surface area contributed by atoms with E-state index >= 15 is 0 Å². The van der Waals surface area contributed by atoms with Crippen molar-refractivity contribution in [2.24, 2.45) is 17.8 Å². The number of hydrogen-bond acceptors (Lipinski definition) is 4. The van der Waals surface area contributed by atoms with Crippen molar-refractivity contribution >= 4 is 18.0 Å². The largest absolute Gasteiger partial charge is 0.481 e. The van der Waals surface area contributed by atoms with Crippen LogP contribution in [0.2, 0.25) is 0 Å². The molecule has 1 fully saturated rings. The minimum atomic E-state index is -0.827. The maximum atomic E-state index is 12.7. The number of hydrogen-bond donors (Lipinski definition) is 2. The molecule has 0 spiro atoms. The Balaban J connectivity index is 1.28. The van der Waals surface area contributed by atoms with Crippen molar-refractivity contribution in [2.75, 3.05) is 26.2 Å². The Morgan fingerprint density at radius 1 is 1.03 bits per heavy atom. The van der Waals surface area contributed by atoms with E-state index in [-0.39, 0.29) is 36.7 Å². The summed E-state index contributed by atoms with van der Waals surface area (Å²) in [5, 5.41) is 11.8. The summed E-state index contributed by atoms with van der Waals surface area (Å²) in [5.74, 6) is -0.376. The molecule has 0 aromatic heterocycles. The summed E-state index contributed by atoms with van der Waals surface area (Å²) in [5.41, 5.74) is 4.70. The number of carbonyl (C=O) groups is 3. The van der Waals surface area contributed by atoms with Crippen LogP contribution >= 0.6 is 0 Å². The highest BCUT2D eigenvalue weighted by molar-refractivity contribution is 5.79. The molecule has 2 N–H and O–H groups in total. The number of fused-ring (bicyclic) bond motifs is 3. The van der Waals surface area contributed by atoms with E-state index in [9.17, 15) is 14.4 Å². The van der Waals surface area contributed by atoms with Gasteiger partial charge in [0.2, 0.25) is 5.91 Å². The van der Waals surface area contributed by atoms with E-state index in [0.29, 0.717) is 32.0 Å². The minimum absolute atomic E-state index is 0.00139. The smallest absolute Gasteiger partial charge is 0.407 e. The van der Waals surface area contributed by atoms with Crippen molar-refractivity contribution in [3.63, 3.8) is 0 Å². The standard InChI is InChI=1S/C28H34N2O5/c1-18(2)11-19(12-26(31)30-15-20(16-30)13-27(32)33)14-29-28(34)35-17-25-23-9-5-3-7-21(23)22-8-4-6-10-24(22)25/h3-10,18-20,25H,11-17H2,1-2H3,(H,29,34)(H,32,33)/t19-/m0/s1. The van der Waals surface area contributed by atoms with Crippen molar-refractivity contribution < 1.29 is 24.2 Å². The molecule has 0 saturated carbocycles. The van der Waals surface area contributed by atoms with E-state index < -0.39 is 12.1 Å². The summed E-state index contributed by atoms with van der Waals surface area (Å²) in [6, 6.07) is 16.4. The molecule has 1 atom stereocenters. The fourth-order valence-electron chi connectivity index (χ4n) is 5.31. The number of ether oxygens (including phenoxy) is 1. The van der Waals surface area contributed by atoms with Crippen molar-refractivity contribution in [3.8, 4) is 11.1 Å². The highest BCUT2D eigenvalue weighted by atomic mass is 16.5. The number of carboxylic acid groups (broad SMARTS) is 1. The van der Waals surface area contributed by atoms with Gasteiger partial charge in [-0.1, -0.05) is 62.4 Å². The van der Waals surface area contributed by atoms with Crippen LogP contribution in [0.25, 0.3) is 11.1 Å². The number of likely N-dealkylation sites (tertiary alicyclic amines) is 1. The normalized spacial score (nSPS) is 15.8. The van der Waals surface area contributed by atoms with Gasteiger partial charge in [-0.3, -0.25) is 9.59 Å². The lowest BCUT2D eigenvalue weighted by molar-refractivity contribution is -0.145. The van der Waals surface area contributed by atoms with Gasteiger partial charge in [-0.05, 0) is 40.5 Å². The number of amides is 2. The van der Waals surface area contributed by atoms with Crippen LogP contribution in [-0.4, -0.2) is 54.2 Å². The average molecular weight is 479 g/mol. The molecular formula is C28H34N2O5. The molecule has 7 heteroatoms. The van der Waals surface area contributed by atoms with Crippen molar-refractivity contribution in [1.29, 1.82) is 0 Å². The zero-order chi connectivity index (χ0) is 24.9. The highest BCUT2D eigenvalue weighted by Crippen LogP contribution is 2.44. The van der Waals surface area contributed by atoms with Crippen molar-refractivity contribution in [2.45, 2.75) is 39.0 Å². The molecule has 1 saturated heterocycles. The zero-order valence-electron chi connectivity index (χ0n) is 20.4. The summed E-state index contributed by atoms with van der Waals surface area (Å²) >= 11 is 0. The molecule has 0 bridgehead atoms. The van der Waals surface area contributed by atoms with Crippen LogP contribution in [0, 0.1) is 17.8 Å². The van der Waals surface area contributed by atoms with Crippen LogP contribution in [0.5, 0.6) is 0 Å². The number of carboxylic acids is 1. The lowest BCUT2D eigenvalue weighted by atomic mass is 9.91. The Morgan fingerprint density at radius 2 is 1.63 bits per heavy atom. The second-order valence-electron chi connectivity index (χ2n) is 10.2. The summed E-state index contributed by atoms with van der Waals surface area (Å²) in [4.78, 5) is 37.8. The van der Waals surface area contributed by atoms with Crippen LogP contribution in [0.15, 0.2) is 48.5 Å². The molecule has 186 valence electrons. The molecule has 2 amide bonds. The lowest BCUT2D eigenvalue weighted by Gasteiger charge is -2.39. The number of benzene rings is 2. The molecule has 7 nitrogen and oxygen atoms in total. The van der Waals surface area contributed by atoms with Crippen LogP contribution in [0.3, 0.4) is 0 Å². The van der Waals surface area contributed by atoms with E-state index in [0.717, 1.165) is 6.42 Å². The Bertz CT molecular complexity index is 1030. The molecular weight excluding hydrogens is 444 g/mol. The second-order valence-corrected chi connectivity index (χ2v) is 10.2. The van der Waals surface area contributed by atoms with E-state index in [1.165, 1.54) is 22.3 Å². The molecule has 1 aliphatic heterocycles. The van der Waals surface area contributed by atoms with Gasteiger partial charge in [0.1, 0.15) is 6.61 Å². The topological polar surface area (TPSA) is 95.9 Å². The van der Waals surface area contributed by atoms with Gasteiger partial charge >= 0.3 is 12.1 Å². The molecule has 2 aromatic carbocycles. The van der Waals surface area contributed by atoms with Crippen LogP contribution in [0.1, 0.15) is 50.2 Å². The number of nitrogens with one attached hydrogen (secondary N) is 1. The summed E-state index contributed by atoms with van der Waals surface area (Å²) in [6.45, 7) is 5.81. The van der Waals surface area contributed by atoms with Gasteiger partial charge in [0.15, 0.2) is 0 Å². The minimum Gasteiger partial charge on any atom is -0.481 e. The third kappa shape index (κ3) is 6.02. The van der Waals surface area contributed by atoms with Gasteiger partial charge in [0, 0.05) is 37.9 Å². The molecule has 4 rings (SSSR count). The Hall–Kier alpha value is -3.35. The van der Waals surface area contributed by atoms with Crippen molar-refractivity contribution in [1.82, 2.24) is 10.2 Å². The molecule has 2 aromatic rings. The molecule has 2 aliphatic rings. The number of alkyl carbamates (subject to hydrolysis) is 1. The fourth-order valence-corrected chi connectivity index (χ4v) is 5.31. The second kappa shape index (κ2) is 10.9. The average Bonchev–Trinajstić information content (AvgIpc) is 3.11. The van der Waals surface area contributed by atoms with Crippen LogP contribution in [-0.2, 0) is 14.3 Å². The molecule has 35 heavy (non-hydrogen) atoms. The van der Waals surface area contributed by atoms with Gasteiger partial charge in [-0.25, -0.2) is 4.79 Å². The maximum absolute atomic E-state index is 12.7. The maximum Gasteiger partial charge on any atom is 0.407 e. The first-order valence-electron chi connectivity index (χ1n) is 12.4. The van der Waals surface area contributed by atoms with Crippen LogP contribution < -0.4 is 5.32 Å². The SMILES string of the molecule is CC(C)C[C@H](CNC(=O)OCC1c2ccccc2-c2ccccc21)CC(=O)N1CC(CC(=O)O)C1. The lowest BCUT2D eigenvalue weighted by Crippen LogP contribution is -2.51. The van der Waals surface area contributed by atoms with Gasteiger partial charge in [0.25, 0.3) is 0 Å². The Morgan fingerprint density at radius 3 is 2.20 bits per heavy atom. The quantitative estimate of drug-likeness (QED) is 0.524. The van der Waals surface area contributed by atoms with Gasteiger partial charge in [-0.15, -0.1) is 0 Å². The van der Waals surface area contributed by atoms with Gasteiger partial charge < -0.3 is 20.1 Å². The molecule has 0 unspecified atom stereocenters. The third-order valence-electron chi connectivity index (χ3n) is 6.92. The first-order chi connectivity index (χ1) is 16.8. The summed E-state index contributed by atoms with van der Waals surface area (Å²) in [7, 11) is 0. The monoisotopic (exact) mass is 478 g/mol. The predicted octanol–water partition coefficient (Wildman–Crippen LogP) is 4.51. The first-order valence-corrected chi connectivity index (χ1v) is 12.4. The number of nitrogens with zero attached hydrogens (tertiary/aromatic N) is 1. The van der Waals surface area contributed by atoms with Gasteiger partial charge in [0.05, 0.1) is 6.42 Å². The molecule has 0 radical (unpaired) electrons. The fraction of sp³-hybridized carbons (Fsp3) is 0.464. The van der Waals surface area contributed by atoms with Crippen molar-refractivity contribution in [3.05, 3.63) is 59.7 Å². The van der Waals surface area contributed by atoms with E-state index in [1.807, 2.05) is 24.3 Å². The number of aliphatic carboxylic acids is 1.